The molecule has 1 N–H and O–H groups in total. The Hall–Kier alpha value is -1.24. The number of rotatable bonds is 4. The molecule has 2 heterocycles. The molecule has 0 aromatic rings. The van der Waals surface area contributed by atoms with Gasteiger partial charge in [-0.1, -0.05) is 0 Å². The summed E-state index contributed by atoms with van der Waals surface area (Å²) < 4.78 is 0. The van der Waals surface area contributed by atoms with Crippen LogP contribution in [0, 0.1) is 5.92 Å². The predicted molar refractivity (Wildman–Crippen MR) is 89.0 cm³/mol. The second-order valence-electron chi connectivity index (χ2n) is 6.63. The summed E-state index contributed by atoms with van der Waals surface area (Å²) in [6, 6.07) is -0.917. The van der Waals surface area contributed by atoms with Gasteiger partial charge in [0.15, 0.2) is 0 Å². The van der Waals surface area contributed by atoms with Gasteiger partial charge in [0.25, 0.3) is 0 Å². The summed E-state index contributed by atoms with van der Waals surface area (Å²) in [5.74, 6) is 1.97. The molecule has 0 aromatic carbocycles. The molecule has 0 radical (unpaired) electrons. The molecule has 1 saturated carbocycles. The summed E-state index contributed by atoms with van der Waals surface area (Å²) in [5.41, 5.74) is 0. The summed E-state index contributed by atoms with van der Waals surface area (Å²) in [6.45, 7) is 3.90. The van der Waals surface area contributed by atoms with Crippen molar-refractivity contribution < 1.29 is 14.4 Å². The first-order chi connectivity index (χ1) is 11.1. The smallest absolute Gasteiger partial charge is 0.244 e. The number of nitrogens with zero attached hydrogens (tertiary/aromatic N) is 2. The lowest BCUT2D eigenvalue weighted by Crippen LogP contribution is -2.54. The summed E-state index contributed by atoms with van der Waals surface area (Å²) in [5, 5.41) is 2.83. The largest absolute Gasteiger partial charge is 0.343 e. The summed E-state index contributed by atoms with van der Waals surface area (Å²) >= 11 is 1.85. The molecule has 0 spiro atoms. The van der Waals surface area contributed by atoms with Crippen LogP contribution in [0.15, 0.2) is 0 Å². The van der Waals surface area contributed by atoms with Gasteiger partial charge in [-0.25, -0.2) is 0 Å². The lowest BCUT2D eigenvalue weighted by Gasteiger charge is -2.30. The molecule has 3 amide bonds. The van der Waals surface area contributed by atoms with Crippen LogP contribution in [0.5, 0.6) is 0 Å². The van der Waals surface area contributed by atoms with Gasteiger partial charge in [-0.2, -0.15) is 11.8 Å². The van der Waals surface area contributed by atoms with Crippen LogP contribution in [0.2, 0.25) is 0 Å². The van der Waals surface area contributed by atoms with E-state index in [4.69, 9.17) is 0 Å². The van der Waals surface area contributed by atoms with E-state index in [9.17, 15) is 14.4 Å². The quantitative estimate of drug-likeness (QED) is 0.808. The van der Waals surface area contributed by atoms with Crippen molar-refractivity contribution in [2.75, 3.05) is 31.1 Å². The third-order valence-electron chi connectivity index (χ3n) is 4.82. The zero-order valence-electron chi connectivity index (χ0n) is 13.6. The highest BCUT2D eigenvalue weighted by Gasteiger charge is 2.41. The predicted octanol–water partition coefficient (Wildman–Crippen LogP) is 0.468. The molecule has 1 aliphatic carbocycles. The number of nitrogens with one attached hydrogen (secondary N) is 1. The van der Waals surface area contributed by atoms with E-state index in [1.54, 1.807) is 11.8 Å². The normalized spacial score (nSPS) is 26.0. The molecular formula is C16H25N3O3S. The van der Waals surface area contributed by atoms with Gasteiger partial charge < -0.3 is 15.1 Å². The Morgan fingerprint density at radius 2 is 1.78 bits per heavy atom. The van der Waals surface area contributed by atoms with E-state index in [1.165, 1.54) is 0 Å². The van der Waals surface area contributed by atoms with Gasteiger partial charge >= 0.3 is 0 Å². The van der Waals surface area contributed by atoms with E-state index in [-0.39, 0.29) is 23.6 Å². The fraction of sp³-hybridized carbons (Fsp3) is 0.812. The van der Waals surface area contributed by atoms with Crippen LogP contribution in [0.4, 0.5) is 0 Å². The Balaban J connectivity index is 1.54. The first kappa shape index (κ1) is 16.6. The molecule has 3 aliphatic rings. The third kappa shape index (κ3) is 3.82. The second kappa shape index (κ2) is 7.11. The average Bonchev–Trinajstić information content (AvgIpc) is 3.30. The minimum atomic E-state index is -0.524. The number of likely N-dealkylation sites (tertiary alicyclic amines) is 1. The van der Waals surface area contributed by atoms with Crippen molar-refractivity contribution in [3.05, 3.63) is 0 Å². The monoisotopic (exact) mass is 339 g/mol. The lowest BCUT2D eigenvalue weighted by atomic mass is 10.1. The lowest BCUT2D eigenvalue weighted by molar-refractivity contribution is -0.141. The number of carbonyl (C=O) groups excluding carboxylic acids is 3. The van der Waals surface area contributed by atoms with Crippen molar-refractivity contribution in [1.29, 1.82) is 0 Å². The Kier molecular flexibility index (Phi) is 5.14. The van der Waals surface area contributed by atoms with Crippen LogP contribution in [0.3, 0.4) is 0 Å². The minimum Gasteiger partial charge on any atom is -0.343 e. The van der Waals surface area contributed by atoms with Gasteiger partial charge in [0.1, 0.15) is 12.1 Å². The van der Waals surface area contributed by atoms with Crippen molar-refractivity contribution in [2.45, 2.75) is 44.7 Å². The van der Waals surface area contributed by atoms with E-state index in [2.05, 4.69) is 5.32 Å². The first-order valence-corrected chi connectivity index (χ1v) is 9.71. The Morgan fingerprint density at radius 1 is 1.09 bits per heavy atom. The molecule has 2 aliphatic heterocycles. The van der Waals surface area contributed by atoms with Gasteiger partial charge in [0.2, 0.25) is 17.7 Å². The fourth-order valence-electron chi connectivity index (χ4n) is 3.30. The van der Waals surface area contributed by atoms with Crippen LogP contribution < -0.4 is 5.32 Å². The van der Waals surface area contributed by atoms with Gasteiger partial charge in [0.05, 0.1) is 0 Å². The molecule has 6 nitrogen and oxygen atoms in total. The van der Waals surface area contributed by atoms with Gasteiger partial charge in [-0.3, -0.25) is 14.4 Å². The SMILES string of the molecule is C[C@H](NC(=O)[C@H]1CCCN1C(=O)C1CC1)C(=O)N1CCSCC1. The van der Waals surface area contributed by atoms with E-state index in [1.807, 2.05) is 16.7 Å². The summed E-state index contributed by atoms with van der Waals surface area (Å²) in [4.78, 5) is 40.7. The Morgan fingerprint density at radius 3 is 2.43 bits per heavy atom. The van der Waals surface area contributed by atoms with Gasteiger partial charge in [-0.05, 0) is 32.6 Å². The molecule has 2 atom stereocenters. The third-order valence-corrected chi connectivity index (χ3v) is 5.76. The van der Waals surface area contributed by atoms with Crippen LogP contribution >= 0.6 is 11.8 Å². The molecule has 2 saturated heterocycles. The zero-order chi connectivity index (χ0) is 16.4. The van der Waals surface area contributed by atoms with E-state index in [0.717, 1.165) is 43.9 Å². The Bertz CT molecular complexity index is 489. The number of amides is 3. The average molecular weight is 339 g/mol. The van der Waals surface area contributed by atoms with Crippen LogP contribution in [-0.4, -0.2) is 70.7 Å². The first-order valence-electron chi connectivity index (χ1n) is 8.55. The highest BCUT2D eigenvalue weighted by Crippen LogP contribution is 2.33. The molecule has 0 bridgehead atoms. The van der Waals surface area contributed by atoms with Crippen molar-refractivity contribution in [3.8, 4) is 0 Å². The highest BCUT2D eigenvalue weighted by atomic mass is 32.2. The molecule has 0 unspecified atom stereocenters. The standard InChI is InChI=1S/C16H25N3O3S/c1-11(15(21)18-7-9-23-10-8-18)17-14(20)13-3-2-6-19(13)16(22)12-4-5-12/h11-13H,2-10H2,1H3,(H,17,20)/t11-,13+/m0/s1. The van der Waals surface area contributed by atoms with E-state index >= 15 is 0 Å². The molecule has 7 heteroatoms. The minimum absolute atomic E-state index is 0.0169. The molecule has 23 heavy (non-hydrogen) atoms. The molecule has 3 fully saturated rings. The molecule has 0 aromatic heterocycles. The second-order valence-corrected chi connectivity index (χ2v) is 7.86. The topological polar surface area (TPSA) is 69.7 Å². The molecule has 3 rings (SSSR count). The zero-order valence-corrected chi connectivity index (χ0v) is 14.4. The molecule has 128 valence electrons. The van der Waals surface area contributed by atoms with Crippen LogP contribution in [0.1, 0.15) is 32.6 Å². The maximum atomic E-state index is 12.5. The summed E-state index contributed by atoms with van der Waals surface area (Å²) in [6.07, 6.45) is 3.46. The highest BCUT2D eigenvalue weighted by molar-refractivity contribution is 7.99. The molecular weight excluding hydrogens is 314 g/mol. The van der Waals surface area contributed by atoms with E-state index in [0.29, 0.717) is 13.0 Å². The number of thioether (sulfide) groups is 1. The number of hydrogen-bond acceptors (Lipinski definition) is 4. The van der Waals surface area contributed by atoms with E-state index < -0.39 is 12.1 Å². The maximum Gasteiger partial charge on any atom is 0.244 e. The number of carbonyl (C=O) groups is 3. The maximum absolute atomic E-state index is 12.5. The van der Waals surface area contributed by atoms with Crippen molar-refractivity contribution in [1.82, 2.24) is 15.1 Å². The number of hydrogen-bond donors (Lipinski definition) is 1. The fourth-order valence-corrected chi connectivity index (χ4v) is 4.20. The van der Waals surface area contributed by atoms with Crippen molar-refractivity contribution in [3.63, 3.8) is 0 Å². The van der Waals surface area contributed by atoms with Gasteiger partial charge in [-0.15, -0.1) is 0 Å². The van der Waals surface area contributed by atoms with Crippen molar-refractivity contribution >= 4 is 29.5 Å². The van der Waals surface area contributed by atoms with Gasteiger partial charge in [0, 0.05) is 37.1 Å². The Labute approximate surface area is 141 Å². The van der Waals surface area contributed by atoms with Crippen LogP contribution in [0.25, 0.3) is 0 Å². The van der Waals surface area contributed by atoms with Crippen molar-refractivity contribution in [2.24, 2.45) is 5.92 Å². The summed E-state index contributed by atoms with van der Waals surface area (Å²) in [7, 11) is 0. The van der Waals surface area contributed by atoms with Crippen LogP contribution in [-0.2, 0) is 14.4 Å².